The first-order chi connectivity index (χ1) is 13.1. The summed E-state index contributed by atoms with van der Waals surface area (Å²) in [5.74, 6) is 0.574. The van der Waals surface area contributed by atoms with E-state index in [4.69, 9.17) is 4.74 Å². The third-order valence-corrected chi connectivity index (χ3v) is 5.61. The van der Waals surface area contributed by atoms with Crippen molar-refractivity contribution in [2.24, 2.45) is 0 Å². The van der Waals surface area contributed by atoms with E-state index in [0.29, 0.717) is 12.5 Å². The second-order valence-corrected chi connectivity index (χ2v) is 7.77. The summed E-state index contributed by atoms with van der Waals surface area (Å²) in [5, 5.41) is 0. The first-order valence-corrected chi connectivity index (χ1v) is 10.5. The van der Waals surface area contributed by atoms with Crippen molar-refractivity contribution >= 4 is 10.9 Å². The van der Waals surface area contributed by atoms with Crippen molar-refractivity contribution in [2.75, 3.05) is 13.2 Å². The Labute approximate surface area is 161 Å². The van der Waals surface area contributed by atoms with E-state index in [9.17, 15) is 13.2 Å². The van der Waals surface area contributed by atoms with Crippen molar-refractivity contribution in [3.8, 4) is 0 Å². The van der Waals surface area contributed by atoms with Gasteiger partial charge in [0.2, 0.25) is 10.9 Å². The van der Waals surface area contributed by atoms with Gasteiger partial charge in [0.1, 0.15) is 0 Å². The normalized spacial score (nSPS) is 21.2. The maximum Gasteiger partial charge on any atom is 0.250 e. The third kappa shape index (κ3) is 5.76. The van der Waals surface area contributed by atoms with Gasteiger partial charge in [-0.1, -0.05) is 36.4 Å². The van der Waals surface area contributed by atoms with Crippen LogP contribution in [0.3, 0.4) is 0 Å². The van der Waals surface area contributed by atoms with Crippen LogP contribution in [0.5, 0.6) is 0 Å². The monoisotopic (exact) mass is 390 g/mol. The number of nitrogens with one attached hydrogen (secondary N) is 1. The van der Waals surface area contributed by atoms with Gasteiger partial charge in [-0.25, -0.2) is 13.1 Å². The predicted molar refractivity (Wildman–Crippen MR) is 105 cm³/mol. The zero-order chi connectivity index (χ0) is 19.1. The van der Waals surface area contributed by atoms with Crippen LogP contribution in [0.4, 0.5) is 0 Å². The Morgan fingerprint density at radius 2 is 1.74 bits per heavy atom. The molecule has 1 fully saturated rings. The number of thiol groups is 1. The summed E-state index contributed by atoms with van der Waals surface area (Å²) in [6.07, 6.45) is 5.92. The van der Waals surface area contributed by atoms with Crippen molar-refractivity contribution in [3.63, 3.8) is 0 Å². The van der Waals surface area contributed by atoms with E-state index in [1.165, 1.54) is 16.2 Å². The van der Waals surface area contributed by atoms with E-state index in [1.54, 1.807) is 18.3 Å². The largest absolute Gasteiger partial charge is 0.376 e. The van der Waals surface area contributed by atoms with E-state index >= 15 is 0 Å². The van der Waals surface area contributed by atoms with E-state index in [1.807, 2.05) is 6.07 Å². The minimum atomic E-state index is -2.71. The van der Waals surface area contributed by atoms with Crippen molar-refractivity contribution in [3.05, 3.63) is 70.6 Å². The summed E-state index contributed by atoms with van der Waals surface area (Å²) in [6.45, 7) is 0.447. The summed E-state index contributed by atoms with van der Waals surface area (Å²) in [4.78, 5) is 12.1. The van der Waals surface area contributed by atoms with Crippen LogP contribution in [-0.2, 0) is 15.6 Å². The molecule has 1 saturated carbocycles. The summed E-state index contributed by atoms with van der Waals surface area (Å²) in [5.41, 5.74) is 1.22. The quantitative estimate of drug-likeness (QED) is 0.678. The fraction of sp³-hybridized carbons (Fsp3) is 0.450. The summed E-state index contributed by atoms with van der Waals surface area (Å²) in [7, 11) is -2.71. The van der Waals surface area contributed by atoms with Gasteiger partial charge in [0.25, 0.3) is 5.56 Å². The Morgan fingerprint density at radius 1 is 1.04 bits per heavy atom. The number of pyridine rings is 1. The molecule has 0 aliphatic heterocycles. The lowest BCUT2D eigenvalue weighted by Gasteiger charge is -2.30. The van der Waals surface area contributed by atoms with Gasteiger partial charge in [-0.3, -0.25) is 4.79 Å². The van der Waals surface area contributed by atoms with Crippen LogP contribution in [0.25, 0.3) is 0 Å². The SMILES string of the molecule is O=c1ccccn1C(CN[SH](=O)=O)CO[C@H]1CC[C@@H](c2ccccc2)CC1. The topological polar surface area (TPSA) is 77.4 Å². The number of ether oxygens (including phenoxy) is 1. The highest BCUT2D eigenvalue weighted by molar-refractivity contribution is 7.70. The van der Waals surface area contributed by atoms with Gasteiger partial charge in [0.15, 0.2) is 0 Å². The van der Waals surface area contributed by atoms with Crippen molar-refractivity contribution in [2.45, 2.75) is 43.7 Å². The Hall–Kier alpha value is -1.96. The van der Waals surface area contributed by atoms with Gasteiger partial charge < -0.3 is 9.30 Å². The first kappa shape index (κ1) is 19.8. The van der Waals surface area contributed by atoms with Crippen LogP contribution >= 0.6 is 0 Å². The van der Waals surface area contributed by atoms with Crippen LogP contribution in [0, 0.1) is 0 Å². The lowest BCUT2D eigenvalue weighted by molar-refractivity contribution is 0.00739. The molecule has 1 heterocycles. The van der Waals surface area contributed by atoms with E-state index < -0.39 is 10.9 Å². The van der Waals surface area contributed by atoms with E-state index in [0.717, 1.165) is 25.7 Å². The van der Waals surface area contributed by atoms with Crippen molar-refractivity contribution in [1.29, 1.82) is 0 Å². The average molecular weight is 391 g/mol. The Morgan fingerprint density at radius 3 is 2.41 bits per heavy atom. The van der Waals surface area contributed by atoms with Gasteiger partial charge in [-0.15, -0.1) is 0 Å². The Bertz CT molecular complexity index is 834. The molecule has 0 radical (unpaired) electrons. The van der Waals surface area contributed by atoms with E-state index in [2.05, 4.69) is 29.0 Å². The zero-order valence-corrected chi connectivity index (χ0v) is 16.1. The molecule has 0 spiro atoms. The number of aromatic nitrogens is 1. The van der Waals surface area contributed by atoms with Gasteiger partial charge in [-0.05, 0) is 43.2 Å². The number of benzene rings is 1. The maximum absolute atomic E-state index is 12.1. The molecular formula is C20H26N2O4S. The molecule has 2 aromatic rings. The molecule has 0 saturated heterocycles. The fourth-order valence-electron chi connectivity index (χ4n) is 3.69. The highest BCUT2D eigenvalue weighted by atomic mass is 32.2. The second-order valence-electron chi connectivity index (χ2n) is 6.94. The van der Waals surface area contributed by atoms with Gasteiger partial charge in [0, 0.05) is 18.8 Å². The Kier molecular flexibility index (Phi) is 7.20. The van der Waals surface area contributed by atoms with Crippen LogP contribution in [0.2, 0.25) is 0 Å². The van der Waals surface area contributed by atoms with Gasteiger partial charge in [-0.2, -0.15) is 0 Å². The van der Waals surface area contributed by atoms with Crippen LogP contribution < -0.4 is 10.3 Å². The molecule has 1 N–H and O–H groups in total. The molecule has 1 aromatic carbocycles. The van der Waals surface area contributed by atoms with E-state index in [-0.39, 0.29) is 24.2 Å². The Balaban J connectivity index is 1.56. The lowest BCUT2D eigenvalue weighted by atomic mass is 9.83. The average Bonchev–Trinajstić information content (AvgIpc) is 2.70. The molecule has 6 nitrogen and oxygen atoms in total. The molecule has 1 atom stereocenters. The van der Waals surface area contributed by atoms with Crippen LogP contribution in [0.15, 0.2) is 59.5 Å². The molecule has 3 rings (SSSR count). The molecule has 1 aromatic heterocycles. The predicted octanol–water partition coefficient (Wildman–Crippen LogP) is 2.25. The molecule has 1 aliphatic rings. The maximum atomic E-state index is 12.1. The standard InChI is InChI=1S/C20H26N2O4S/c23-20-8-4-5-13-22(20)18(14-21-27(24)25)15-26-19-11-9-17(10-12-19)16-6-2-1-3-7-16/h1-8,13,17-19,27H,9-12,14-15H2,(H,21,24,25)/t17-,18?,19+. The number of hydrogen-bond acceptors (Lipinski definition) is 4. The number of hydrogen-bond donors (Lipinski definition) is 2. The number of nitrogens with zero attached hydrogens (tertiary/aromatic N) is 1. The minimum absolute atomic E-state index is 0.141. The first-order valence-electron chi connectivity index (χ1n) is 9.35. The molecule has 0 bridgehead atoms. The smallest absolute Gasteiger partial charge is 0.250 e. The van der Waals surface area contributed by atoms with Crippen LogP contribution in [-0.4, -0.2) is 32.2 Å². The third-order valence-electron chi connectivity index (χ3n) is 5.17. The molecule has 27 heavy (non-hydrogen) atoms. The van der Waals surface area contributed by atoms with Crippen LogP contribution in [0.1, 0.15) is 43.2 Å². The summed E-state index contributed by atoms with van der Waals surface area (Å²) in [6, 6.07) is 15.1. The highest BCUT2D eigenvalue weighted by Gasteiger charge is 2.24. The molecule has 7 heteroatoms. The van der Waals surface area contributed by atoms with Gasteiger partial charge >= 0.3 is 0 Å². The lowest BCUT2D eigenvalue weighted by Crippen LogP contribution is -2.35. The minimum Gasteiger partial charge on any atom is -0.376 e. The molecular weight excluding hydrogens is 364 g/mol. The molecule has 0 amide bonds. The van der Waals surface area contributed by atoms with Gasteiger partial charge in [0.05, 0.1) is 18.8 Å². The van der Waals surface area contributed by atoms with Crippen molar-refractivity contribution < 1.29 is 13.2 Å². The molecule has 1 aliphatic carbocycles. The molecule has 1 unspecified atom stereocenters. The molecule has 146 valence electrons. The fourth-order valence-corrected chi connectivity index (χ4v) is 4.05. The summed E-state index contributed by atoms with van der Waals surface area (Å²) >= 11 is 0. The second kappa shape index (κ2) is 9.82. The highest BCUT2D eigenvalue weighted by Crippen LogP contribution is 2.34. The summed E-state index contributed by atoms with van der Waals surface area (Å²) < 4.78 is 31.8. The number of rotatable bonds is 8. The zero-order valence-electron chi connectivity index (χ0n) is 15.2. The van der Waals surface area contributed by atoms with Crippen molar-refractivity contribution in [1.82, 2.24) is 9.29 Å².